The van der Waals surface area contributed by atoms with Gasteiger partial charge in [-0.2, -0.15) is 0 Å². The van der Waals surface area contributed by atoms with Crippen molar-refractivity contribution in [3.63, 3.8) is 0 Å². The zero-order valence-corrected chi connectivity index (χ0v) is 15.0. The maximum absolute atomic E-state index is 12.7. The maximum atomic E-state index is 12.7. The third-order valence-corrected chi connectivity index (χ3v) is 4.31. The quantitative estimate of drug-likeness (QED) is 0.495. The lowest BCUT2D eigenvalue weighted by Crippen LogP contribution is -2.53. The summed E-state index contributed by atoms with van der Waals surface area (Å²) in [5, 5.41) is 0. The van der Waals surface area contributed by atoms with Crippen LogP contribution in [0.2, 0.25) is 0 Å². The van der Waals surface area contributed by atoms with E-state index in [1.807, 2.05) is 34.6 Å². The van der Waals surface area contributed by atoms with Crippen LogP contribution in [0.4, 0.5) is 0 Å². The van der Waals surface area contributed by atoms with Crippen LogP contribution in [0.3, 0.4) is 0 Å². The lowest BCUT2D eigenvalue weighted by molar-refractivity contribution is -0.236. The van der Waals surface area contributed by atoms with Gasteiger partial charge in [0.1, 0.15) is 0 Å². The lowest BCUT2D eigenvalue weighted by atomic mass is 9.73. The average Bonchev–Trinajstić information content (AvgIpc) is 2.40. The van der Waals surface area contributed by atoms with Crippen LogP contribution in [-0.2, 0) is 19.1 Å². The highest BCUT2D eigenvalue weighted by molar-refractivity contribution is 6.01. The Hall–Kier alpha value is -1.06. The fraction of sp³-hybridized carbons (Fsp3) is 0.889. The van der Waals surface area contributed by atoms with Gasteiger partial charge in [0, 0.05) is 5.92 Å². The molecule has 1 atom stereocenters. The van der Waals surface area contributed by atoms with Crippen molar-refractivity contribution in [2.75, 3.05) is 0 Å². The van der Waals surface area contributed by atoms with E-state index in [1.54, 1.807) is 0 Å². The number of carbonyl (C=O) groups is 2. The minimum absolute atomic E-state index is 0.0917. The molecule has 0 bridgehead atoms. The molecule has 0 amide bonds. The van der Waals surface area contributed by atoms with E-state index in [0.29, 0.717) is 12.8 Å². The number of cyclic esters (lactones) is 2. The second-order valence-corrected chi connectivity index (χ2v) is 7.41. The molecule has 4 nitrogen and oxygen atoms in total. The van der Waals surface area contributed by atoms with Gasteiger partial charge in [0.25, 0.3) is 0 Å². The Balaban J connectivity index is 2.99. The second kappa shape index (κ2) is 7.98. The van der Waals surface area contributed by atoms with E-state index >= 15 is 0 Å². The molecule has 0 N–H and O–H groups in total. The van der Waals surface area contributed by atoms with E-state index in [1.165, 1.54) is 0 Å². The van der Waals surface area contributed by atoms with Crippen LogP contribution in [0.25, 0.3) is 0 Å². The molecule has 0 aromatic heterocycles. The van der Waals surface area contributed by atoms with Crippen LogP contribution in [0, 0.1) is 23.2 Å². The molecule has 0 aromatic rings. The van der Waals surface area contributed by atoms with Gasteiger partial charge in [-0.25, -0.2) is 0 Å². The number of hydrogen-bond acceptors (Lipinski definition) is 4. The lowest BCUT2D eigenvalue weighted by Gasteiger charge is -2.40. The number of hydrogen-bond donors (Lipinski definition) is 0. The van der Waals surface area contributed by atoms with E-state index in [-0.39, 0.29) is 29.7 Å². The highest BCUT2D eigenvalue weighted by atomic mass is 16.7. The summed E-state index contributed by atoms with van der Waals surface area (Å²) in [6, 6.07) is 0. The standard InChI is InChI=1S/C18H32O4/c1-7-9-14(8-2)15-21-16(19)18(10-12(3)4,11-13(5)6)17(20)22-15/h12-15H,7-11H2,1-6H3. The van der Waals surface area contributed by atoms with Crippen molar-refractivity contribution in [3.05, 3.63) is 0 Å². The van der Waals surface area contributed by atoms with Gasteiger partial charge in [-0.05, 0) is 37.5 Å². The monoisotopic (exact) mass is 312 g/mol. The zero-order chi connectivity index (χ0) is 16.9. The van der Waals surface area contributed by atoms with E-state index in [9.17, 15) is 9.59 Å². The third-order valence-electron chi connectivity index (χ3n) is 4.31. The van der Waals surface area contributed by atoms with Crippen LogP contribution in [0.15, 0.2) is 0 Å². The van der Waals surface area contributed by atoms with Gasteiger partial charge in [0.05, 0.1) is 0 Å². The zero-order valence-electron chi connectivity index (χ0n) is 15.0. The first kappa shape index (κ1) is 19.0. The van der Waals surface area contributed by atoms with E-state index < -0.39 is 11.7 Å². The summed E-state index contributed by atoms with van der Waals surface area (Å²) in [5.74, 6) is -0.216. The van der Waals surface area contributed by atoms with Gasteiger partial charge >= 0.3 is 11.9 Å². The highest BCUT2D eigenvalue weighted by Gasteiger charge is 2.54. The molecule has 1 heterocycles. The van der Waals surface area contributed by atoms with Crippen LogP contribution in [0.5, 0.6) is 0 Å². The molecule has 4 heteroatoms. The normalized spacial score (nSPS) is 20.2. The fourth-order valence-electron chi connectivity index (χ4n) is 3.45. The van der Waals surface area contributed by atoms with E-state index in [4.69, 9.17) is 9.47 Å². The number of carbonyl (C=O) groups excluding carboxylic acids is 2. The molecular formula is C18H32O4. The molecule has 0 saturated carbocycles. The number of rotatable bonds is 8. The molecule has 22 heavy (non-hydrogen) atoms. The smallest absolute Gasteiger partial charge is 0.326 e. The van der Waals surface area contributed by atoms with Crippen molar-refractivity contribution in [1.29, 1.82) is 0 Å². The fourth-order valence-corrected chi connectivity index (χ4v) is 3.45. The van der Waals surface area contributed by atoms with Crippen molar-refractivity contribution in [3.8, 4) is 0 Å². The first-order valence-electron chi connectivity index (χ1n) is 8.68. The molecule has 1 rings (SSSR count). The Labute approximate surface area is 134 Å². The van der Waals surface area contributed by atoms with Crippen LogP contribution < -0.4 is 0 Å². The van der Waals surface area contributed by atoms with Crippen molar-refractivity contribution in [2.24, 2.45) is 23.2 Å². The summed E-state index contributed by atoms with van der Waals surface area (Å²) in [6.45, 7) is 12.2. The number of ether oxygens (including phenoxy) is 2. The van der Waals surface area contributed by atoms with Gasteiger partial charge in [-0.1, -0.05) is 48.0 Å². The molecule has 0 aliphatic carbocycles. The van der Waals surface area contributed by atoms with Gasteiger partial charge < -0.3 is 9.47 Å². The minimum Gasteiger partial charge on any atom is -0.424 e. The topological polar surface area (TPSA) is 52.6 Å². The van der Waals surface area contributed by atoms with Gasteiger partial charge in [0.15, 0.2) is 5.41 Å². The van der Waals surface area contributed by atoms with Crippen molar-refractivity contribution in [2.45, 2.75) is 79.9 Å². The molecule has 1 fully saturated rings. The first-order chi connectivity index (χ1) is 10.3. The molecule has 128 valence electrons. The van der Waals surface area contributed by atoms with Gasteiger partial charge in [-0.15, -0.1) is 0 Å². The van der Waals surface area contributed by atoms with Crippen LogP contribution in [-0.4, -0.2) is 18.2 Å². The maximum Gasteiger partial charge on any atom is 0.326 e. The Kier molecular flexibility index (Phi) is 6.89. The molecule has 1 unspecified atom stereocenters. The Morgan fingerprint density at radius 2 is 1.41 bits per heavy atom. The molecule has 0 aromatic carbocycles. The molecule has 1 saturated heterocycles. The molecule has 0 spiro atoms. The molecular weight excluding hydrogens is 280 g/mol. The highest BCUT2D eigenvalue weighted by Crippen LogP contribution is 2.41. The minimum atomic E-state index is -1.12. The molecule has 0 radical (unpaired) electrons. The van der Waals surface area contributed by atoms with E-state index in [2.05, 4.69) is 6.92 Å². The SMILES string of the molecule is CCCC(CC)C1OC(=O)C(CC(C)C)(CC(C)C)C(=O)O1. The predicted molar refractivity (Wildman–Crippen MR) is 86.0 cm³/mol. The summed E-state index contributed by atoms with van der Waals surface area (Å²) < 4.78 is 11.2. The van der Waals surface area contributed by atoms with Gasteiger partial charge in [-0.3, -0.25) is 9.59 Å². The Morgan fingerprint density at radius 1 is 0.955 bits per heavy atom. The average molecular weight is 312 g/mol. The summed E-state index contributed by atoms with van der Waals surface area (Å²) in [5.41, 5.74) is -1.12. The van der Waals surface area contributed by atoms with Crippen molar-refractivity contribution >= 4 is 11.9 Å². The van der Waals surface area contributed by atoms with Gasteiger partial charge in [0.2, 0.25) is 6.29 Å². The Bertz CT molecular complexity index is 357. The third kappa shape index (κ3) is 4.23. The number of esters is 2. The van der Waals surface area contributed by atoms with Crippen LogP contribution in [0.1, 0.15) is 73.6 Å². The molecule has 1 aliphatic heterocycles. The largest absolute Gasteiger partial charge is 0.424 e. The summed E-state index contributed by atoms with van der Waals surface area (Å²) in [7, 11) is 0. The van der Waals surface area contributed by atoms with Crippen molar-refractivity contribution in [1.82, 2.24) is 0 Å². The van der Waals surface area contributed by atoms with Crippen LogP contribution >= 0.6 is 0 Å². The molecule has 1 aliphatic rings. The van der Waals surface area contributed by atoms with E-state index in [0.717, 1.165) is 19.3 Å². The second-order valence-electron chi connectivity index (χ2n) is 7.41. The summed E-state index contributed by atoms with van der Waals surface area (Å²) in [4.78, 5) is 25.4. The summed E-state index contributed by atoms with van der Waals surface area (Å²) in [6.07, 6.45) is 2.97. The summed E-state index contributed by atoms with van der Waals surface area (Å²) >= 11 is 0. The first-order valence-corrected chi connectivity index (χ1v) is 8.68. The predicted octanol–water partition coefficient (Wildman–Crippen LogP) is 4.32. The Morgan fingerprint density at radius 3 is 1.73 bits per heavy atom. The van der Waals surface area contributed by atoms with Crippen molar-refractivity contribution < 1.29 is 19.1 Å².